The van der Waals surface area contributed by atoms with Crippen LogP contribution >= 0.6 is 11.8 Å². The summed E-state index contributed by atoms with van der Waals surface area (Å²) in [4.78, 5) is 4.04. The van der Waals surface area contributed by atoms with Crippen molar-refractivity contribution in [2.24, 2.45) is 0 Å². The highest BCUT2D eigenvalue weighted by molar-refractivity contribution is 7.99. The monoisotopic (exact) mass is 285 g/mol. The van der Waals surface area contributed by atoms with E-state index in [1.54, 1.807) is 6.08 Å². The van der Waals surface area contributed by atoms with Crippen LogP contribution in [0.4, 0.5) is 13.2 Å². The maximum atomic E-state index is 12.9. The molecule has 0 amide bonds. The highest BCUT2D eigenvalue weighted by Crippen LogP contribution is 2.35. The fraction of sp³-hybridized carbons (Fsp3) is 0.167. The molecule has 0 bridgehead atoms. The zero-order valence-corrected chi connectivity index (χ0v) is 10.6. The quantitative estimate of drug-likeness (QED) is 0.687. The number of hydrogen-bond acceptors (Lipinski definition) is 3. The molecule has 0 aliphatic rings. The van der Waals surface area contributed by atoms with Crippen molar-refractivity contribution in [1.82, 2.24) is 15.2 Å². The topological polar surface area (TPSA) is 41.6 Å². The van der Waals surface area contributed by atoms with E-state index in [2.05, 4.69) is 21.8 Å². The maximum Gasteiger partial charge on any atom is 0.417 e. The summed E-state index contributed by atoms with van der Waals surface area (Å²) in [5.41, 5.74) is -0.737. The molecule has 1 N–H and O–H groups in total. The van der Waals surface area contributed by atoms with Crippen LogP contribution in [0.2, 0.25) is 0 Å². The summed E-state index contributed by atoms with van der Waals surface area (Å²) in [7, 11) is 0. The van der Waals surface area contributed by atoms with Gasteiger partial charge < -0.3 is 0 Å². The lowest BCUT2D eigenvalue weighted by molar-refractivity contribution is -0.137. The van der Waals surface area contributed by atoms with Gasteiger partial charge in [0, 0.05) is 11.3 Å². The maximum absolute atomic E-state index is 12.9. The third kappa shape index (κ3) is 3.17. The van der Waals surface area contributed by atoms with Gasteiger partial charge in [-0.1, -0.05) is 36.0 Å². The third-order valence-electron chi connectivity index (χ3n) is 2.28. The van der Waals surface area contributed by atoms with Crippen LogP contribution in [0, 0.1) is 0 Å². The Kier molecular flexibility index (Phi) is 3.94. The largest absolute Gasteiger partial charge is 0.417 e. The lowest BCUT2D eigenvalue weighted by atomic mass is 10.1. The van der Waals surface area contributed by atoms with Gasteiger partial charge in [0.05, 0.1) is 5.56 Å². The summed E-state index contributed by atoms with van der Waals surface area (Å²) >= 11 is 1.30. The average molecular weight is 285 g/mol. The summed E-state index contributed by atoms with van der Waals surface area (Å²) in [5.74, 6) is 0.706. The molecular weight excluding hydrogens is 275 g/mol. The van der Waals surface area contributed by atoms with Gasteiger partial charge in [0.1, 0.15) is 0 Å². The number of alkyl halides is 3. The molecule has 7 heteroatoms. The first-order valence-electron chi connectivity index (χ1n) is 5.35. The second-order valence-corrected chi connectivity index (χ2v) is 4.60. The highest BCUT2D eigenvalue weighted by atomic mass is 32.2. The lowest BCUT2D eigenvalue weighted by Crippen LogP contribution is -2.07. The van der Waals surface area contributed by atoms with Gasteiger partial charge in [0.25, 0.3) is 0 Å². The summed E-state index contributed by atoms with van der Waals surface area (Å²) in [6.07, 6.45) is -2.75. The molecule has 0 fully saturated rings. The molecule has 3 nitrogen and oxygen atoms in total. The van der Waals surface area contributed by atoms with Crippen molar-refractivity contribution in [2.75, 3.05) is 5.75 Å². The molecule has 2 aromatic rings. The first kappa shape index (κ1) is 13.7. The average Bonchev–Trinajstić information content (AvgIpc) is 2.84. The van der Waals surface area contributed by atoms with Crippen LogP contribution in [0.15, 0.2) is 42.1 Å². The van der Waals surface area contributed by atoms with Crippen molar-refractivity contribution in [2.45, 2.75) is 11.3 Å². The van der Waals surface area contributed by atoms with Crippen LogP contribution in [-0.4, -0.2) is 20.9 Å². The molecule has 2 rings (SSSR count). The number of aromatic nitrogens is 3. The zero-order valence-electron chi connectivity index (χ0n) is 9.74. The first-order chi connectivity index (χ1) is 9.02. The van der Waals surface area contributed by atoms with Gasteiger partial charge in [-0.3, -0.25) is 5.10 Å². The number of halogens is 3. The van der Waals surface area contributed by atoms with Gasteiger partial charge in [-0.2, -0.15) is 13.2 Å². The Morgan fingerprint density at radius 1 is 1.32 bits per heavy atom. The Morgan fingerprint density at radius 3 is 2.74 bits per heavy atom. The minimum absolute atomic E-state index is 0.00652. The van der Waals surface area contributed by atoms with Crippen LogP contribution in [0.25, 0.3) is 11.4 Å². The number of benzene rings is 1. The number of H-pyrrole nitrogens is 1. The van der Waals surface area contributed by atoms with E-state index >= 15 is 0 Å². The normalized spacial score (nSPS) is 11.5. The van der Waals surface area contributed by atoms with Gasteiger partial charge in [0.15, 0.2) is 5.82 Å². The molecule has 0 aliphatic carbocycles. The van der Waals surface area contributed by atoms with Gasteiger partial charge in [0.2, 0.25) is 5.16 Å². The van der Waals surface area contributed by atoms with Gasteiger partial charge in [-0.25, -0.2) is 4.98 Å². The second-order valence-electron chi connectivity index (χ2n) is 3.61. The highest BCUT2D eigenvalue weighted by Gasteiger charge is 2.34. The lowest BCUT2D eigenvalue weighted by Gasteiger charge is -2.10. The van der Waals surface area contributed by atoms with Crippen LogP contribution in [0.1, 0.15) is 5.56 Å². The predicted octanol–water partition coefficient (Wildman–Crippen LogP) is 3.77. The molecular formula is C12H10F3N3S. The van der Waals surface area contributed by atoms with Crippen molar-refractivity contribution in [3.63, 3.8) is 0 Å². The van der Waals surface area contributed by atoms with E-state index in [1.165, 1.54) is 30.0 Å². The van der Waals surface area contributed by atoms with Crippen LogP contribution in [0.5, 0.6) is 0 Å². The van der Waals surface area contributed by atoms with Crippen LogP contribution < -0.4 is 0 Å². The smallest absolute Gasteiger partial charge is 0.258 e. The second kappa shape index (κ2) is 5.48. The summed E-state index contributed by atoms with van der Waals surface area (Å²) in [6, 6.07) is 5.26. The summed E-state index contributed by atoms with van der Waals surface area (Å²) in [5, 5.41) is 6.79. The number of rotatable bonds is 4. The predicted molar refractivity (Wildman–Crippen MR) is 67.7 cm³/mol. The fourth-order valence-electron chi connectivity index (χ4n) is 1.50. The van der Waals surface area contributed by atoms with E-state index in [1.807, 2.05) is 0 Å². The molecule has 0 saturated carbocycles. The number of nitrogens with zero attached hydrogens (tertiary/aromatic N) is 2. The third-order valence-corrected chi connectivity index (χ3v) is 3.13. The molecule has 19 heavy (non-hydrogen) atoms. The molecule has 0 atom stereocenters. The SMILES string of the molecule is C=CCSc1n[nH]c(-c2ccccc2C(F)(F)F)n1. The number of thioether (sulfide) groups is 1. The van der Waals surface area contributed by atoms with Crippen LogP contribution in [-0.2, 0) is 6.18 Å². The number of hydrogen-bond donors (Lipinski definition) is 1. The number of aromatic amines is 1. The van der Waals surface area contributed by atoms with E-state index < -0.39 is 11.7 Å². The Morgan fingerprint density at radius 2 is 2.05 bits per heavy atom. The molecule has 1 aromatic heterocycles. The van der Waals surface area contributed by atoms with Crippen molar-refractivity contribution < 1.29 is 13.2 Å². The Bertz CT molecular complexity index is 578. The standard InChI is InChI=1S/C12H10F3N3S/c1-2-7-19-11-16-10(17-18-11)8-5-3-4-6-9(8)12(13,14)15/h2-6H,1,7H2,(H,16,17,18). The van der Waals surface area contributed by atoms with Gasteiger partial charge >= 0.3 is 6.18 Å². The van der Waals surface area contributed by atoms with Crippen molar-refractivity contribution >= 4 is 11.8 Å². The van der Waals surface area contributed by atoms with Crippen molar-refractivity contribution in [3.05, 3.63) is 42.5 Å². The summed E-state index contributed by atoms with van der Waals surface area (Å²) < 4.78 is 38.6. The zero-order chi connectivity index (χ0) is 13.9. The summed E-state index contributed by atoms with van der Waals surface area (Å²) in [6.45, 7) is 3.55. The minimum atomic E-state index is -4.42. The van der Waals surface area contributed by atoms with E-state index in [9.17, 15) is 13.2 Å². The molecule has 0 aliphatic heterocycles. The Hall–Kier alpha value is -1.76. The van der Waals surface area contributed by atoms with E-state index in [-0.39, 0.29) is 11.4 Å². The molecule has 1 heterocycles. The van der Waals surface area contributed by atoms with Gasteiger partial charge in [-0.05, 0) is 6.07 Å². The Labute approximate surface area is 111 Å². The molecule has 100 valence electrons. The number of nitrogens with one attached hydrogen (secondary N) is 1. The van der Waals surface area contributed by atoms with Crippen molar-refractivity contribution in [3.8, 4) is 11.4 Å². The molecule has 0 radical (unpaired) electrons. The van der Waals surface area contributed by atoms with Crippen LogP contribution in [0.3, 0.4) is 0 Å². The molecule has 0 unspecified atom stereocenters. The van der Waals surface area contributed by atoms with Gasteiger partial charge in [-0.15, -0.1) is 11.7 Å². The van der Waals surface area contributed by atoms with E-state index in [0.717, 1.165) is 6.07 Å². The molecule has 0 saturated heterocycles. The van der Waals surface area contributed by atoms with E-state index in [0.29, 0.717) is 10.9 Å². The van der Waals surface area contributed by atoms with Crippen molar-refractivity contribution in [1.29, 1.82) is 0 Å². The molecule has 0 spiro atoms. The Balaban J connectivity index is 2.36. The van der Waals surface area contributed by atoms with E-state index in [4.69, 9.17) is 0 Å². The first-order valence-corrected chi connectivity index (χ1v) is 6.33. The fourth-order valence-corrected chi connectivity index (χ4v) is 2.03. The molecule has 1 aromatic carbocycles. The minimum Gasteiger partial charge on any atom is -0.258 e.